The maximum Gasteiger partial charge on any atom is 0.194 e. The van der Waals surface area contributed by atoms with Gasteiger partial charge in [-0.3, -0.25) is 4.40 Å². The SMILES string of the molecule is Cc1cc(F)ccc1CCNCc1c(C)nc2sccn12. The summed E-state index contributed by atoms with van der Waals surface area (Å²) in [7, 11) is 0. The number of hydrogen-bond acceptors (Lipinski definition) is 3. The molecule has 5 heteroatoms. The normalized spacial score (nSPS) is 11.4. The Morgan fingerprint density at radius 1 is 1.33 bits per heavy atom. The number of thiazole rings is 1. The fraction of sp³-hybridized carbons (Fsp3) is 0.312. The summed E-state index contributed by atoms with van der Waals surface area (Å²) >= 11 is 1.65. The van der Waals surface area contributed by atoms with Crippen molar-refractivity contribution in [3.05, 3.63) is 58.1 Å². The van der Waals surface area contributed by atoms with Crippen LogP contribution in [0.25, 0.3) is 4.96 Å². The van der Waals surface area contributed by atoms with Crippen molar-refractivity contribution >= 4 is 16.3 Å². The third-order valence-corrected chi connectivity index (χ3v) is 4.49. The third-order valence-electron chi connectivity index (χ3n) is 3.73. The Bertz CT molecular complexity index is 760. The molecule has 0 aliphatic carbocycles. The number of aromatic nitrogens is 2. The molecule has 2 aromatic heterocycles. The Morgan fingerprint density at radius 3 is 3.00 bits per heavy atom. The van der Waals surface area contributed by atoms with Crippen LogP contribution in [0, 0.1) is 19.7 Å². The van der Waals surface area contributed by atoms with Crippen molar-refractivity contribution in [3.63, 3.8) is 0 Å². The average Bonchev–Trinajstić information content (AvgIpc) is 2.98. The van der Waals surface area contributed by atoms with Crippen LogP contribution in [-0.2, 0) is 13.0 Å². The van der Waals surface area contributed by atoms with Gasteiger partial charge in [-0.2, -0.15) is 0 Å². The highest BCUT2D eigenvalue weighted by molar-refractivity contribution is 7.15. The molecule has 0 aliphatic rings. The summed E-state index contributed by atoms with van der Waals surface area (Å²) in [6.45, 7) is 5.66. The van der Waals surface area contributed by atoms with Crippen LogP contribution in [0.3, 0.4) is 0 Å². The van der Waals surface area contributed by atoms with Crippen molar-refractivity contribution in [2.24, 2.45) is 0 Å². The lowest BCUT2D eigenvalue weighted by Gasteiger charge is -2.08. The first kappa shape index (κ1) is 14.2. The molecule has 0 atom stereocenters. The molecule has 0 spiro atoms. The molecule has 0 saturated carbocycles. The van der Waals surface area contributed by atoms with E-state index in [-0.39, 0.29) is 5.82 Å². The Hall–Kier alpha value is -1.72. The molecular weight excluding hydrogens is 285 g/mol. The van der Waals surface area contributed by atoms with Gasteiger partial charge >= 0.3 is 0 Å². The Labute approximate surface area is 127 Å². The lowest BCUT2D eigenvalue weighted by molar-refractivity contribution is 0.623. The number of nitrogens with zero attached hydrogens (tertiary/aromatic N) is 2. The number of aryl methyl sites for hydroxylation is 2. The molecule has 3 nitrogen and oxygen atoms in total. The molecule has 1 N–H and O–H groups in total. The number of imidazole rings is 1. The van der Waals surface area contributed by atoms with Gasteiger partial charge in [-0.1, -0.05) is 6.07 Å². The maximum atomic E-state index is 13.1. The fourth-order valence-electron chi connectivity index (χ4n) is 2.52. The fourth-order valence-corrected chi connectivity index (χ4v) is 3.30. The van der Waals surface area contributed by atoms with Gasteiger partial charge in [0.2, 0.25) is 0 Å². The number of hydrogen-bond donors (Lipinski definition) is 1. The largest absolute Gasteiger partial charge is 0.311 e. The number of benzene rings is 1. The van der Waals surface area contributed by atoms with E-state index >= 15 is 0 Å². The molecule has 0 fully saturated rings. The third kappa shape index (κ3) is 2.99. The van der Waals surface area contributed by atoms with Crippen molar-refractivity contribution in [2.45, 2.75) is 26.8 Å². The number of fused-ring (bicyclic) bond motifs is 1. The molecule has 21 heavy (non-hydrogen) atoms. The van der Waals surface area contributed by atoms with Gasteiger partial charge in [0.25, 0.3) is 0 Å². The Morgan fingerprint density at radius 2 is 2.19 bits per heavy atom. The van der Waals surface area contributed by atoms with E-state index in [1.165, 1.54) is 17.3 Å². The molecule has 0 aliphatic heterocycles. The van der Waals surface area contributed by atoms with Crippen LogP contribution >= 0.6 is 11.3 Å². The summed E-state index contributed by atoms with van der Waals surface area (Å²) in [6.07, 6.45) is 2.96. The van der Waals surface area contributed by atoms with E-state index in [1.807, 2.05) is 25.3 Å². The highest BCUT2D eigenvalue weighted by atomic mass is 32.1. The smallest absolute Gasteiger partial charge is 0.194 e. The maximum absolute atomic E-state index is 13.1. The minimum Gasteiger partial charge on any atom is -0.311 e. The summed E-state index contributed by atoms with van der Waals surface area (Å²) < 4.78 is 15.2. The monoisotopic (exact) mass is 303 g/mol. The molecule has 1 aromatic carbocycles. The molecule has 3 aromatic rings. The highest BCUT2D eigenvalue weighted by Gasteiger charge is 2.08. The van der Waals surface area contributed by atoms with E-state index in [4.69, 9.17) is 0 Å². The topological polar surface area (TPSA) is 29.3 Å². The average molecular weight is 303 g/mol. The molecule has 110 valence electrons. The van der Waals surface area contributed by atoms with Gasteiger partial charge in [0.05, 0.1) is 11.4 Å². The van der Waals surface area contributed by atoms with Gasteiger partial charge in [0.15, 0.2) is 4.96 Å². The highest BCUT2D eigenvalue weighted by Crippen LogP contribution is 2.16. The molecule has 0 bridgehead atoms. The second-order valence-corrected chi connectivity index (χ2v) is 6.07. The van der Waals surface area contributed by atoms with Crippen molar-refractivity contribution < 1.29 is 4.39 Å². The second kappa shape index (κ2) is 5.95. The van der Waals surface area contributed by atoms with Gasteiger partial charge in [0.1, 0.15) is 5.82 Å². The summed E-state index contributed by atoms with van der Waals surface area (Å²) in [6, 6.07) is 4.98. The van der Waals surface area contributed by atoms with E-state index in [0.29, 0.717) is 0 Å². The summed E-state index contributed by atoms with van der Waals surface area (Å²) in [4.78, 5) is 5.57. The Kier molecular flexibility index (Phi) is 4.03. The minimum atomic E-state index is -0.168. The van der Waals surface area contributed by atoms with Crippen LogP contribution in [-0.4, -0.2) is 15.9 Å². The standard InChI is InChI=1S/C16H18FN3S/c1-11-9-14(17)4-3-13(11)5-6-18-10-15-12(2)19-16-20(15)7-8-21-16/h3-4,7-9,18H,5-6,10H2,1-2H3. The van der Waals surface area contributed by atoms with Crippen molar-refractivity contribution in [3.8, 4) is 0 Å². The first-order valence-electron chi connectivity index (χ1n) is 7.02. The first-order chi connectivity index (χ1) is 10.1. The second-order valence-electron chi connectivity index (χ2n) is 5.20. The molecule has 0 unspecified atom stereocenters. The van der Waals surface area contributed by atoms with Gasteiger partial charge < -0.3 is 5.32 Å². The lowest BCUT2D eigenvalue weighted by Crippen LogP contribution is -2.18. The van der Waals surface area contributed by atoms with Crippen LogP contribution in [0.5, 0.6) is 0 Å². The predicted octanol–water partition coefficient (Wildman–Crippen LogP) is 3.48. The van der Waals surface area contributed by atoms with E-state index < -0.39 is 0 Å². The quantitative estimate of drug-likeness (QED) is 0.731. The lowest BCUT2D eigenvalue weighted by atomic mass is 10.1. The van der Waals surface area contributed by atoms with Crippen molar-refractivity contribution in [1.29, 1.82) is 0 Å². The van der Waals surface area contributed by atoms with E-state index in [2.05, 4.69) is 20.9 Å². The van der Waals surface area contributed by atoms with Crippen LogP contribution in [0.4, 0.5) is 4.39 Å². The van der Waals surface area contributed by atoms with Crippen LogP contribution in [0.15, 0.2) is 29.8 Å². The van der Waals surface area contributed by atoms with E-state index in [0.717, 1.165) is 35.7 Å². The van der Waals surface area contributed by atoms with E-state index in [9.17, 15) is 4.39 Å². The zero-order chi connectivity index (χ0) is 14.8. The molecule has 0 saturated heterocycles. The first-order valence-corrected chi connectivity index (χ1v) is 7.90. The van der Waals surface area contributed by atoms with Gasteiger partial charge in [-0.05, 0) is 50.1 Å². The zero-order valence-electron chi connectivity index (χ0n) is 12.2. The molecule has 0 amide bonds. The van der Waals surface area contributed by atoms with Crippen LogP contribution in [0.1, 0.15) is 22.5 Å². The van der Waals surface area contributed by atoms with Gasteiger partial charge in [-0.25, -0.2) is 9.37 Å². The summed E-state index contributed by atoms with van der Waals surface area (Å²) in [5.74, 6) is -0.168. The zero-order valence-corrected chi connectivity index (χ0v) is 13.0. The van der Waals surface area contributed by atoms with Crippen molar-refractivity contribution in [1.82, 2.24) is 14.7 Å². The number of nitrogens with one attached hydrogen (secondary N) is 1. The molecular formula is C16H18FN3S. The molecule has 0 radical (unpaired) electrons. The molecule has 3 rings (SSSR count). The number of rotatable bonds is 5. The van der Waals surface area contributed by atoms with Crippen molar-refractivity contribution in [2.75, 3.05) is 6.54 Å². The van der Waals surface area contributed by atoms with Crippen LogP contribution in [0.2, 0.25) is 0 Å². The van der Waals surface area contributed by atoms with E-state index in [1.54, 1.807) is 17.4 Å². The predicted molar refractivity (Wildman–Crippen MR) is 84.4 cm³/mol. The van der Waals surface area contributed by atoms with Gasteiger partial charge in [-0.15, -0.1) is 11.3 Å². The summed E-state index contributed by atoms with van der Waals surface area (Å²) in [5, 5.41) is 5.50. The summed E-state index contributed by atoms with van der Waals surface area (Å²) in [5.41, 5.74) is 4.49. The number of halogens is 1. The van der Waals surface area contributed by atoms with Gasteiger partial charge in [0, 0.05) is 18.1 Å². The molecule has 2 heterocycles. The van der Waals surface area contributed by atoms with Crippen LogP contribution < -0.4 is 5.32 Å². The Balaban J connectivity index is 1.59. The minimum absolute atomic E-state index is 0.168.